The van der Waals surface area contributed by atoms with E-state index in [0.717, 1.165) is 0 Å². The Bertz CT molecular complexity index is 306. The second-order valence-corrected chi connectivity index (χ2v) is 3.46. The van der Waals surface area contributed by atoms with Crippen LogP contribution in [0.3, 0.4) is 0 Å². The molecule has 0 saturated heterocycles. The van der Waals surface area contributed by atoms with Crippen LogP contribution in [0.4, 0.5) is 5.69 Å². The van der Waals surface area contributed by atoms with Crippen molar-refractivity contribution in [3.63, 3.8) is 0 Å². The maximum atomic E-state index is 9.77. The molecule has 0 aliphatic heterocycles. The van der Waals surface area contributed by atoms with Crippen molar-refractivity contribution in [3.8, 4) is 0 Å². The quantitative estimate of drug-likeness (QED) is 0.535. The number of aromatic nitrogens is 1. The summed E-state index contributed by atoms with van der Waals surface area (Å²) in [5.74, 6) is 0. The lowest BCUT2D eigenvalue weighted by Gasteiger charge is -2.17. The van der Waals surface area contributed by atoms with E-state index in [9.17, 15) is 10.2 Å². The molecular weight excluding hydrogens is 194 g/mol. The van der Waals surface area contributed by atoms with E-state index in [2.05, 4.69) is 10.3 Å². The largest absolute Gasteiger partial charge is 0.397 e. The Morgan fingerprint density at radius 1 is 1.47 bits per heavy atom. The average molecular weight is 211 g/mol. The second kappa shape index (κ2) is 5.65. The fraction of sp³-hybridized carbons (Fsp3) is 0.500. The van der Waals surface area contributed by atoms with Crippen molar-refractivity contribution in [1.82, 2.24) is 10.3 Å². The summed E-state index contributed by atoms with van der Waals surface area (Å²) in [6.45, 7) is 0.647. The lowest BCUT2D eigenvalue weighted by Crippen LogP contribution is -2.23. The monoisotopic (exact) mass is 211 g/mol. The van der Waals surface area contributed by atoms with Crippen molar-refractivity contribution in [1.29, 1.82) is 0 Å². The molecule has 0 fully saturated rings. The summed E-state index contributed by atoms with van der Waals surface area (Å²) in [7, 11) is 1.79. The van der Waals surface area contributed by atoms with E-state index in [-0.39, 0.29) is 0 Å². The first-order valence-electron chi connectivity index (χ1n) is 4.86. The maximum Gasteiger partial charge on any atom is 0.106 e. The minimum absolute atomic E-state index is 0.479. The van der Waals surface area contributed by atoms with Crippen LogP contribution in [0.5, 0.6) is 0 Å². The summed E-state index contributed by atoms with van der Waals surface area (Å²) < 4.78 is 0. The molecule has 0 aliphatic carbocycles. The van der Waals surface area contributed by atoms with Gasteiger partial charge < -0.3 is 21.3 Å². The van der Waals surface area contributed by atoms with E-state index >= 15 is 0 Å². The molecular formula is C10H17N3O2. The molecule has 1 rings (SSSR count). The van der Waals surface area contributed by atoms with Gasteiger partial charge in [-0.1, -0.05) is 0 Å². The third-order valence-corrected chi connectivity index (χ3v) is 2.18. The highest BCUT2D eigenvalue weighted by molar-refractivity contribution is 5.37. The maximum absolute atomic E-state index is 9.77. The van der Waals surface area contributed by atoms with Gasteiger partial charge in [-0.25, -0.2) is 0 Å². The molecule has 0 spiro atoms. The first-order chi connectivity index (χ1) is 7.15. The van der Waals surface area contributed by atoms with Crippen LogP contribution < -0.4 is 11.1 Å². The van der Waals surface area contributed by atoms with Gasteiger partial charge in [0.05, 0.1) is 11.8 Å². The number of rotatable bonds is 5. The number of nitrogens with two attached hydrogens (primary N) is 1. The molecule has 5 nitrogen and oxygen atoms in total. The molecule has 5 N–H and O–H groups in total. The summed E-state index contributed by atoms with van der Waals surface area (Å²) in [4.78, 5) is 3.86. The van der Waals surface area contributed by atoms with Crippen molar-refractivity contribution < 1.29 is 10.2 Å². The van der Waals surface area contributed by atoms with Gasteiger partial charge in [0.15, 0.2) is 0 Å². The molecule has 84 valence electrons. The molecule has 15 heavy (non-hydrogen) atoms. The SMILES string of the molecule is CNCCC(O)C(O)c1cncc(N)c1. The predicted octanol–water partition coefficient (Wildman–Crippen LogP) is -0.332. The van der Waals surface area contributed by atoms with Crippen LogP contribution in [0.25, 0.3) is 0 Å². The Labute approximate surface area is 89.0 Å². The van der Waals surface area contributed by atoms with Crippen LogP contribution in [0.1, 0.15) is 18.1 Å². The molecule has 0 aliphatic rings. The van der Waals surface area contributed by atoms with Crippen LogP contribution in [-0.2, 0) is 0 Å². The van der Waals surface area contributed by atoms with Crippen LogP contribution in [0, 0.1) is 0 Å². The number of nitrogens with one attached hydrogen (secondary N) is 1. The topological polar surface area (TPSA) is 91.4 Å². The van der Waals surface area contributed by atoms with E-state index in [1.807, 2.05) is 0 Å². The first kappa shape index (κ1) is 11.9. The van der Waals surface area contributed by atoms with E-state index < -0.39 is 12.2 Å². The van der Waals surface area contributed by atoms with Crippen LogP contribution >= 0.6 is 0 Å². The van der Waals surface area contributed by atoms with E-state index in [4.69, 9.17) is 5.73 Å². The third kappa shape index (κ3) is 3.47. The summed E-state index contributed by atoms with van der Waals surface area (Å²) in [6, 6.07) is 1.61. The standard InChI is InChI=1S/C10H17N3O2/c1-12-3-2-9(14)10(15)7-4-8(11)6-13-5-7/h4-6,9-10,12,14-15H,2-3,11H2,1H3. The minimum atomic E-state index is -0.936. The molecule has 2 unspecified atom stereocenters. The lowest BCUT2D eigenvalue weighted by molar-refractivity contribution is 0.0139. The number of hydrogen-bond donors (Lipinski definition) is 4. The molecule has 1 heterocycles. The van der Waals surface area contributed by atoms with Crippen molar-refractivity contribution >= 4 is 5.69 Å². The number of aliphatic hydroxyl groups is 2. The van der Waals surface area contributed by atoms with Gasteiger partial charge in [-0.05, 0) is 26.1 Å². The second-order valence-electron chi connectivity index (χ2n) is 3.46. The van der Waals surface area contributed by atoms with Gasteiger partial charge in [0.2, 0.25) is 0 Å². The van der Waals surface area contributed by atoms with E-state index in [1.54, 1.807) is 13.1 Å². The molecule has 2 atom stereocenters. The van der Waals surface area contributed by atoms with Crippen molar-refractivity contribution in [2.75, 3.05) is 19.3 Å². The van der Waals surface area contributed by atoms with Gasteiger partial charge in [0.25, 0.3) is 0 Å². The molecule has 1 aromatic heterocycles. The number of nitrogens with zero attached hydrogens (tertiary/aromatic N) is 1. The molecule has 1 aromatic rings. The highest BCUT2D eigenvalue weighted by Gasteiger charge is 2.18. The molecule has 0 saturated carbocycles. The fourth-order valence-corrected chi connectivity index (χ4v) is 1.31. The Morgan fingerprint density at radius 3 is 2.80 bits per heavy atom. The molecule has 0 bridgehead atoms. The van der Waals surface area contributed by atoms with Gasteiger partial charge in [-0.3, -0.25) is 4.98 Å². The molecule has 0 aromatic carbocycles. The normalized spacial score (nSPS) is 14.9. The highest BCUT2D eigenvalue weighted by atomic mass is 16.3. The smallest absolute Gasteiger partial charge is 0.106 e. The van der Waals surface area contributed by atoms with Gasteiger partial charge in [0.1, 0.15) is 6.10 Å². The van der Waals surface area contributed by atoms with Gasteiger partial charge in [0, 0.05) is 18.0 Å². The van der Waals surface area contributed by atoms with E-state index in [0.29, 0.717) is 24.2 Å². The zero-order valence-electron chi connectivity index (χ0n) is 8.72. The van der Waals surface area contributed by atoms with Gasteiger partial charge >= 0.3 is 0 Å². The number of hydrogen-bond acceptors (Lipinski definition) is 5. The zero-order chi connectivity index (χ0) is 11.3. The van der Waals surface area contributed by atoms with Crippen molar-refractivity contribution in [2.45, 2.75) is 18.6 Å². The number of nitrogen functional groups attached to an aromatic ring is 1. The summed E-state index contributed by atoms with van der Waals surface area (Å²) >= 11 is 0. The fourth-order valence-electron chi connectivity index (χ4n) is 1.31. The van der Waals surface area contributed by atoms with Crippen LogP contribution in [-0.4, -0.2) is 34.9 Å². The number of anilines is 1. The van der Waals surface area contributed by atoms with Gasteiger partial charge in [-0.15, -0.1) is 0 Å². The zero-order valence-corrected chi connectivity index (χ0v) is 8.72. The lowest BCUT2D eigenvalue weighted by atomic mass is 10.0. The molecule has 0 radical (unpaired) electrons. The first-order valence-corrected chi connectivity index (χ1v) is 4.86. The predicted molar refractivity (Wildman–Crippen MR) is 58.2 cm³/mol. The summed E-state index contributed by atoms with van der Waals surface area (Å²) in [6.07, 6.45) is 1.74. The highest BCUT2D eigenvalue weighted by Crippen LogP contribution is 2.19. The van der Waals surface area contributed by atoms with Crippen LogP contribution in [0.15, 0.2) is 18.5 Å². The summed E-state index contributed by atoms with van der Waals surface area (Å²) in [5.41, 5.74) is 6.55. The molecule has 5 heteroatoms. The molecule has 0 amide bonds. The van der Waals surface area contributed by atoms with Crippen LogP contribution in [0.2, 0.25) is 0 Å². The Hall–Kier alpha value is -1.17. The Morgan fingerprint density at radius 2 is 2.20 bits per heavy atom. The Balaban J connectivity index is 2.62. The third-order valence-electron chi connectivity index (χ3n) is 2.18. The number of pyridine rings is 1. The average Bonchev–Trinajstić information content (AvgIpc) is 2.24. The van der Waals surface area contributed by atoms with Gasteiger partial charge in [-0.2, -0.15) is 0 Å². The van der Waals surface area contributed by atoms with Crippen molar-refractivity contribution in [2.24, 2.45) is 0 Å². The van der Waals surface area contributed by atoms with E-state index in [1.165, 1.54) is 12.4 Å². The number of aliphatic hydroxyl groups excluding tert-OH is 2. The minimum Gasteiger partial charge on any atom is -0.397 e. The Kier molecular flexibility index (Phi) is 4.48. The summed E-state index contributed by atoms with van der Waals surface area (Å²) in [5, 5.41) is 22.3. The van der Waals surface area contributed by atoms with Crippen molar-refractivity contribution in [3.05, 3.63) is 24.0 Å².